The van der Waals surface area contributed by atoms with E-state index in [0.717, 1.165) is 6.42 Å². The van der Waals surface area contributed by atoms with Crippen molar-refractivity contribution < 1.29 is 4.79 Å². The second-order valence-corrected chi connectivity index (χ2v) is 3.87. The van der Waals surface area contributed by atoms with Crippen molar-refractivity contribution in [3.05, 3.63) is 22.9 Å². The van der Waals surface area contributed by atoms with Crippen LogP contribution in [-0.2, 0) is 17.9 Å². The summed E-state index contributed by atoms with van der Waals surface area (Å²) >= 11 is 0. The highest BCUT2D eigenvalue weighted by Gasteiger charge is 2.08. The minimum absolute atomic E-state index is 0.0934. The largest absolute Gasteiger partial charge is 0.352 e. The first-order valence-electron chi connectivity index (χ1n) is 5.63. The van der Waals surface area contributed by atoms with Crippen LogP contribution in [0.1, 0.15) is 27.2 Å². The highest BCUT2D eigenvalue weighted by molar-refractivity contribution is 5.75. The molecule has 16 heavy (non-hydrogen) atoms. The standard InChI is InChI=1S/C11H19N3O2/c1-4-9(3)12-10(15)8-14-7-6-13(5-2)11(14)16/h6-7,9H,4-5,8H2,1-3H3,(H,12,15). The summed E-state index contributed by atoms with van der Waals surface area (Å²) in [7, 11) is 0. The monoisotopic (exact) mass is 225 g/mol. The lowest BCUT2D eigenvalue weighted by molar-refractivity contribution is -0.122. The van der Waals surface area contributed by atoms with Gasteiger partial charge in [0, 0.05) is 25.0 Å². The highest BCUT2D eigenvalue weighted by Crippen LogP contribution is 1.90. The Labute approximate surface area is 95.1 Å². The van der Waals surface area contributed by atoms with Crippen LogP contribution in [0.3, 0.4) is 0 Å². The number of hydrogen-bond acceptors (Lipinski definition) is 2. The maximum Gasteiger partial charge on any atom is 0.328 e. The predicted molar refractivity (Wildman–Crippen MR) is 62.3 cm³/mol. The molecule has 1 aromatic rings. The zero-order valence-corrected chi connectivity index (χ0v) is 10.1. The zero-order valence-electron chi connectivity index (χ0n) is 10.1. The van der Waals surface area contributed by atoms with E-state index < -0.39 is 0 Å². The van der Waals surface area contributed by atoms with Crippen molar-refractivity contribution in [1.82, 2.24) is 14.5 Å². The van der Waals surface area contributed by atoms with Crippen LogP contribution in [0, 0.1) is 0 Å². The third-order valence-electron chi connectivity index (χ3n) is 2.59. The first kappa shape index (κ1) is 12.5. The smallest absolute Gasteiger partial charge is 0.328 e. The lowest BCUT2D eigenvalue weighted by atomic mass is 10.2. The molecule has 1 amide bonds. The van der Waals surface area contributed by atoms with Crippen LogP contribution in [-0.4, -0.2) is 21.1 Å². The number of amides is 1. The Morgan fingerprint density at radius 1 is 1.38 bits per heavy atom. The Kier molecular flexibility index (Phi) is 4.34. The van der Waals surface area contributed by atoms with Crippen molar-refractivity contribution in [3.8, 4) is 0 Å². The van der Waals surface area contributed by atoms with Crippen LogP contribution < -0.4 is 11.0 Å². The summed E-state index contributed by atoms with van der Waals surface area (Å²) in [5, 5.41) is 2.82. The maximum absolute atomic E-state index is 11.6. The topological polar surface area (TPSA) is 56.0 Å². The molecule has 0 saturated carbocycles. The molecule has 0 saturated heterocycles. The molecule has 1 aromatic heterocycles. The van der Waals surface area contributed by atoms with E-state index in [-0.39, 0.29) is 24.2 Å². The summed E-state index contributed by atoms with van der Waals surface area (Å²) in [6.07, 6.45) is 4.22. The summed E-state index contributed by atoms with van der Waals surface area (Å²) in [6, 6.07) is 0.150. The van der Waals surface area contributed by atoms with Gasteiger partial charge in [0.1, 0.15) is 6.54 Å². The Morgan fingerprint density at radius 2 is 2.00 bits per heavy atom. The lowest BCUT2D eigenvalue weighted by Crippen LogP contribution is -2.37. The second-order valence-electron chi connectivity index (χ2n) is 3.87. The van der Waals surface area contributed by atoms with E-state index in [0.29, 0.717) is 6.54 Å². The first-order valence-corrected chi connectivity index (χ1v) is 5.63. The van der Waals surface area contributed by atoms with Gasteiger partial charge in [0.15, 0.2) is 0 Å². The summed E-state index contributed by atoms with van der Waals surface area (Å²) in [4.78, 5) is 23.2. The molecule has 0 aliphatic heterocycles. The summed E-state index contributed by atoms with van der Waals surface area (Å²) in [5.41, 5.74) is -0.137. The Hall–Kier alpha value is -1.52. The van der Waals surface area contributed by atoms with Crippen LogP contribution in [0.25, 0.3) is 0 Å². The summed E-state index contributed by atoms with van der Waals surface area (Å²) < 4.78 is 2.98. The summed E-state index contributed by atoms with van der Waals surface area (Å²) in [5.74, 6) is -0.120. The normalized spacial score (nSPS) is 12.4. The molecule has 5 heteroatoms. The Balaban J connectivity index is 2.63. The van der Waals surface area contributed by atoms with Crippen molar-refractivity contribution in [1.29, 1.82) is 0 Å². The van der Waals surface area contributed by atoms with Crippen molar-refractivity contribution in [2.45, 2.75) is 46.3 Å². The molecular formula is C11H19N3O2. The number of carbonyl (C=O) groups excluding carboxylic acids is 1. The van der Waals surface area contributed by atoms with Crippen molar-refractivity contribution >= 4 is 5.91 Å². The first-order chi connectivity index (χ1) is 7.58. The average molecular weight is 225 g/mol. The van der Waals surface area contributed by atoms with Crippen LogP contribution in [0.2, 0.25) is 0 Å². The van der Waals surface area contributed by atoms with E-state index in [4.69, 9.17) is 0 Å². The molecule has 0 bridgehead atoms. The van der Waals surface area contributed by atoms with E-state index in [9.17, 15) is 9.59 Å². The molecule has 90 valence electrons. The minimum atomic E-state index is -0.137. The van der Waals surface area contributed by atoms with Gasteiger partial charge in [-0.1, -0.05) is 6.92 Å². The van der Waals surface area contributed by atoms with E-state index in [1.807, 2.05) is 20.8 Å². The van der Waals surface area contributed by atoms with Gasteiger partial charge < -0.3 is 5.32 Å². The van der Waals surface area contributed by atoms with Crippen molar-refractivity contribution in [3.63, 3.8) is 0 Å². The number of carbonyl (C=O) groups is 1. The van der Waals surface area contributed by atoms with Gasteiger partial charge in [-0.15, -0.1) is 0 Å². The molecule has 0 radical (unpaired) electrons. The Bertz CT molecular complexity index is 406. The van der Waals surface area contributed by atoms with Gasteiger partial charge in [0.2, 0.25) is 5.91 Å². The SMILES string of the molecule is CCC(C)NC(=O)Cn1ccn(CC)c1=O. The molecule has 0 spiro atoms. The van der Waals surface area contributed by atoms with Crippen LogP contribution >= 0.6 is 0 Å². The van der Waals surface area contributed by atoms with Gasteiger partial charge in [-0.05, 0) is 20.3 Å². The Morgan fingerprint density at radius 3 is 2.50 bits per heavy atom. The van der Waals surface area contributed by atoms with Crippen molar-refractivity contribution in [2.75, 3.05) is 0 Å². The maximum atomic E-state index is 11.6. The fraction of sp³-hybridized carbons (Fsp3) is 0.636. The number of nitrogens with zero attached hydrogens (tertiary/aromatic N) is 2. The lowest BCUT2D eigenvalue weighted by Gasteiger charge is -2.11. The van der Waals surface area contributed by atoms with Crippen molar-refractivity contribution in [2.24, 2.45) is 0 Å². The van der Waals surface area contributed by atoms with Gasteiger partial charge in [-0.25, -0.2) is 4.79 Å². The van der Waals surface area contributed by atoms with Gasteiger partial charge >= 0.3 is 5.69 Å². The number of hydrogen-bond donors (Lipinski definition) is 1. The molecule has 0 aliphatic rings. The molecule has 1 rings (SSSR count). The van der Waals surface area contributed by atoms with E-state index in [2.05, 4.69) is 5.32 Å². The zero-order chi connectivity index (χ0) is 12.1. The number of aromatic nitrogens is 2. The van der Waals surface area contributed by atoms with E-state index >= 15 is 0 Å². The van der Waals surface area contributed by atoms with Gasteiger partial charge in [0.25, 0.3) is 0 Å². The predicted octanol–water partition coefficient (Wildman–Crippen LogP) is 0.584. The van der Waals surface area contributed by atoms with Gasteiger partial charge in [0.05, 0.1) is 0 Å². The number of rotatable bonds is 5. The van der Waals surface area contributed by atoms with Crippen LogP contribution in [0.15, 0.2) is 17.2 Å². The quantitative estimate of drug-likeness (QED) is 0.797. The second kappa shape index (κ2) is 5.53. The molecule has 1 heterocycles. The number of aryl methyl sites for hydroxylation is 1. The van der Waals surface area contributed by atoms with E-state index in [1.54, 1.807) is 17.0 Å². The number of imidazole rings is 1. The molecule has 1 unspecified atom stereocenters. The third-order valence-corrected chi connectivity index (χ3v) is 2.59. The molecule has 0 fully saturated rings. The molecule has 1 N–H and O–H groups in total. The van der Waals surface area contributed by atoms with Gasteiger partial charge in [-0.2, -0.15) is 0 Å². The summed E-state index contributed by atoms with van der Waals surface area (Å²) in [6.45, 7) is 6.56. The molecule has 1 atom stereocenters. The molecule has 0 aliphatic carbocycles. The van der Waals surface area contributed by atoms with Crippen LogP contribution in [0.5, 0.6) is 0 Å². The fourth-order valence-electron chi connectivity index (χ4n) is 1.39. The molecular weight excluding hydrogens is 206 g/mol. The highest BCUT2D eigenvalue weighted by atomic mass is 16.2. The van der Waals surface area contributed by atoms with E-state index in [1.165, 1.54) is 4.57 Å². The number of nitrogens with one attached hydrogen (secondary N) is 1. The fourth-order valence-corrected chi connectivity index (χ4v) is 1.39. The minimum Gasteiger partial charge on any atom is -0.352 e. The van der Waals surface area contributed by atoms with Gasteiger partial charge in [-0.3, -0.25) is 13.9 Å². The average Bonchev–Trinajstić information content (AvgIpc) is 2.59. The molecule has 0 aromatic carbocycles. The third kappa shape index (κ3) is 2.98. The van der Waals surface area contributed by atoms with Crippen LogP contribution in [0.4, 0.5) is 0 Å². The molecule has 5 nitrogen and oxygen atoms in total.